The molecule has 1 aliphatic carbocycles. The van der Waals surface area contributed by atoms with Crippen molar-refractivity contribution in [1.82, 2.24) is 0 Å². The van der Waals surface area contributed by atoms with Gasteiger partial charge in [-0.15, -0.1) is 0 Å². The fraction of sp³-hybridized carbons (Fsp3) is 0.667. The zero-order valence-corrected chi connectivity index (χ0v) is 18.3. The highest BCUT2D eigenvalue weighted by molar-refractivity contribution is 5.27. The van der Waals surface area contributed by atoms with Crippen LogP contribution in [0.15, 0.2) is 35.9 Å². The topological polar surface area (TPSA) is 52.8 Å². The van der Waals surface area contributed by atoms with E-state index in [1.165, 1.54) is 5.57 Å². The van der Waals surface area contributed by atoms with Crippen LogP contribution in [0.5, 0.6) is 5.75 Å². The van der Waals surface area contributed by atoms with Crippen LogP contribution in [-0.4, -0.2) is 50.3 Å². The number of allylic oxidation sites excluding steroid dienone is 1. The minimum atomic E-state index is -0.217. The minimum Gasteiger partial charge on any atom is -0.497 e. The van der Waals surface area contributed by atoms with Crippen molar-refractivity contribution in [2.45, 2.75) is 76.2 Å². The van der Waals surface area contributed by atoms with Crippen LogP contribution in [-0.2, 0) is 25.6 Å². The molecule has 6 unspecified atom stereocenters. The second kappa shape index (κ2) is 8.03. The van der Waals surface area contributed by atoms with E-state index in [9.17, 15) is 0 Å². The molecule has 2 saturated heterocycles. The Bertz CT molecular complexity index is 734. The van der Waals surface area contributed by atoms with Crippen molar-refractivity contribution < 1.29 is 23.7 Å². The molecule has 0 amide bonds. The largest absolute Gasteiger partial charge is 0.497 e. The van der Waals surface area contributed by atoms with Crippen molar-refractivity contribution in [3.63, 3.8) is 0 Å². The lowest BCUT2D eigenvalue weighted by Gasteiger charge is -2.43. The summed E-state index contributed by atoms with van der Waals surface area (Å²) in [7, 11) is 3.47. The molecule has 5 heteroatoms. The molecule has 3 aliphatic rings. The lowest BCUT2D eigenvalue weighted by atomic mass is 9.68. The summed E-state index contributed by atoms with van der Waals surface area (Å²) in [5.41, 5.74) is 2.14. The van der Waals surface area contributed by atoms with Gasteiger partial charge in [0.05, 0.1) is 50.2 Å². The number of ether oxygens (including phenoxy) is 5. The molecule has 1 spiro atoms. The molecular formula is C24H34O5. The van der Waals surface area contributed by atoms with Gasteiger partial charge in [-0.1, -0.05) is 23.8 Å². The average Bonchev–Trinajstić information content (AvgIpc) is 3.63. The molecule has 6 atom stereocenters. The Morgan fingerprint density at radius 3 is 2.52 bits per heavy atom. The lowest BCUT2D eigenvalue weighted by molar-refractivity contribution is -0.143. The first-order valence-electron chi connectivity index (χ1n) is 10.6. The molecule has 160 valence electrons. The maximum absolute atomic E-state index is 6.36. The van der Waals surface area contributed by atoms with Crippen LogP contribution in [0, 0.1) is 5.92 Å². The Morgan fingerprint density at radius 1 is 1.21 bits per heavy atom. The molecule has 0 radical (unpaired) electrons. The molecule has 1 saturated carbocycles. The molecule has 0 aromatic heterocycles. The Kier molecular flexibility index (Phi) is 5.77. The molecule has 1 aromatic carbocycles. The zero-order chi connectivity index (χ0) is 20.6. The van der Waals surface area contributed by atoms with E-state index in [0.717, 1.165) is 37.2 Å². The van der Waals surface area contributed by atoms with Gasteiger partial charge in [-0.05, 0) is 57.7 Å². The molecular weight excluding hydrogens is 368 g/mol. The molecule has 2 aliphatic heterocycles. The SMILES string of the molecule is COc1ccc(COC2CCC3(CO3)C(C3(C)OC3CC=C(C)C)C2OC)cc1. The average molecular weight is 403 g/mol. The van der Waals surface area contributed by atoms with Crippen molar-refractivity contribution in [3.8, 4) is 5.75 Å². The third-order valence-corrected chi connectivity index (χ3v) is 6.86. The van der Waals surface area contributed by atoms with Gasteiger partial charge < -0.3 is 23.7 Å². The van der Waals surface area contributed by atoms with E-state index in [4.69, 9.17) is 23.7 Å². The Hall–Kier alpha value is -1.40. The van der Waals surface area contributed by atoms with Gasteiger partial charge in [0.1, 0.15) is 11.4 Å². The number of methoxy groups -OCH3 is 2. The number of rotatable bonds is 8. The first-order chi connectivity index (χ1) is 13.9. The lowest BCUT2D eigenvalue weighted by Crippen LogP contribution is -2.55. The summed E-state index contributed by atoms with van der Waals surface area (Å²) >= 11 is 0. The standard InChI is InChI=1S/C24H34O5/c1-16(2)6-11-20-23(3,29-20)22-21(26-5)19(12-13-24(22)15-28-24)27-14-17-7-9-18(25-4)10-8-17/h6-10,19-22H,11-15H2,1-5H3. The van der Waals surface area contributed by atoms with E-state index in [2.05, 4.69) is 26.8 Å². The van der Waals surface area contributed by atoms with Gasteiger partial charge in [0.15, 0.2) is 0 Å². The van der Waals surface area contributed by atoms with Crippen molar-refractivity contribution >= 4 is 0 Å². The first kappa shape index (κ1) is 20.9. The van der Waals surface area contributed by atoms with Gasteiger partial charge in [0.2, 0.25) is 0 Å². The van der Waals surface area contributed by atoms with Crippen molar-refractivity contribution in [1.29, 1.82) is 0 Å². The second-order valence-corrected chi connectivity index (χ2v) is 9.08. The Morgan fingerprint density at radius 2 is 1.93 bits per heavy atom. The van der Waals surface area contributed by atoms with Gasteiger partial charge >= 0.3 is 0 Å². The van der Waals surface area contributed by atoms with E-state index < -0.39 is 0 Å². The predicted molar refractivity (Wildman–Crippen MR) is 111 cm³/mol. The highest BCUT2D eigenvalue weighted by atomic mass is 16.6. The molecule has 4 rings (SSSR count). The van der Waals surface area contributed by atoms with E-state index in [1.54, 1.807) is 14.2 Å². The molecule has 29 heavy (non-hydrogen) atoms. The molecule has 0 bridgehead atoms. The van der Waals surface area contributed by atoms with Crippen LogP contribution in [0.3, 0.4) is 0 Å². The number of epoxide rings is 2. The fourth-order valence-corrected chi connectivity index (χ4v) is 5.05. The van der Waals surface area contributed by atoms with E-state index in [0.29, 0.717) is 6.61 Å². The summed E-state index contributed by atoms with van der Waals surface area (Å²) in [4.78, 5) is 0. The van der Waals surface area contributed by atoms with Gasteiger partial charge in [-0.3, -0.25) is 0 Å². The summed E-state index contributed by atoms with van der Waals surface area (Å²) < 4.78 is 29.9. The maximum atomic E-state index is 6.36. The predicted octanol–water partition coefficient (Wildman–Crippen LogP) is 4.29. The van der Waals surface area contributed by atoms with E-state index in [-0.39, 0.29) is 35.4 Å². The summed E-state index contributed by atoms with van der Waals surface area (Å²) in [5, 5.41) is 0. The summed E-state index contributed by atoms with van der Waals surface area (Å²) in [6.45, 7) is 7.85. The Balaban J connectivity index is 1.45. The fourth-order valence-electron chi connectivity index (χ4n) is 5.05. The highest BCUT2D eigenvalue weighted by Crippen LogP contribution is 2.59. The monoisotopic (exact) mass is 402 g/mol. The molecule has 5 nitrogen and oxygen atoms in total. The quantitative estimate of drug-likeness (QED) is 0.480. The van der Waals surface area contributed by atoms with Crippen LogP contribution in [0.4, 0.5) is 0 Å². The molecule has 0 N–H and O–H groups in total. The van der Waals surface area contributed by atoms with Gasteiger partial charge in [0.25, 0.3) is 0 Å². The van der Waals surface area contributed by atoms with Crippen LogP contribution in [0.25, 0.3) is 0 Å². The van der Waals surface area contributed by atoms with Crippen molar-refractivity contribution in [3.05, 3.63) is 41.5 Å². The number of benzene rings is 1. The maximum Gasteiger partial charge on any atom is 0.118 e. The van der Waals surface area contributed by atoms with Crippen molar-refractivity contribution in [2.24, 2.45) is 5.92 Å². The van der Waals surface area contributed by atoms with Gasteiger partial charge in [-0.25, -0.2) is 0 Å². The van der Waals surface area contributed by atoms with Gasteiger partial charge in [0, 0.05) is 7.11 Å². The summed E-state index contributed by atoms with van der Waals surface area (Å²) in [6.07, 6.45) is 5.37. The zero-order valence-electron chi connectivity index (χ0n) is 18.3. The molecule has 3 fully saturated rings. The Labute approximate surface area is 174 Å². The van der Waals surface area contributed by atoms with Crippen LogP contribution in [0.1, 0.15) is 45.6 Å². The first-order valence-corrected chi connectivity index (χ1v) is 10.6. The van der Waals surface area contributed by atoms with E-state index >= 15 is 0 Å². The molecule has 1 aromatic rings. The van der Waals surface area contributed by atoms with Crippen LogP contribution in [0.2, 0.25) is 0 Å². The van der Waals surface area contributed by atoms with Crippen molar-refractivity contribution in [2.75, 3.05) is 20.8 Å². The minimum absolute atomic E-state index is 0.0343. The summed E-state index contributed by atoms with van der Waals surface area (Å²) in [5.74, 6) is 1.04. The van der Waals surface area contributed by atoms with Crippen LogP contribution < -0.4 is 4.74 Å². The normalized spacial score (nSPS) is 38.0. The van der Waals surface area contributed by atoms with E-state index in [1.807, 2.05) is 24.3 Å². The molecule has 2 heterocycles. The smallest absolute Gasteiger partial charge is 0.118 e. The second-order valence-electron chi connectivity index (χ2n) is 9.08. The number of hydrogen-bond donors (Lipinski definition) is 0. The summed E-state index contributed by atoms with van der Waals surface area (Å²) in [6, 6.07) is 8.03. The number of hydrogen-bond acceptors (Lipinski definition) is 5. The third kappa shape index (κ3) is 4.11. The third-order valence-electron chi connectivity index (χ3n) is 6.86. The van der Waals surface area contributed by atoms with Crippen LogP contribution >= 0.6 is 0 Å². The highest BCUT2D eigenvalue weighted by Gasteiger charge is 2.71. The van der Waals surface area contributed by atoms with Gasteiger partial charge in [-0.2, -0.15) is 0 Å².